The molecule has 346 valence electrons. The Morgan fingerprint density at radius 1 is 0.594 bits per heavy atom. The fourth-order valence-electron chi connectivity index (χ4n) is 7.63. The lowest BCUT2D eigenvalue weighted by Crippen LogP contribution is -2.31. The minimum atomic E-state index is -2.24. The van der Waals surface area contributed by atoms with Gasteiger partial charge in [-0.2, -0.15) is 0 Å². The van der Waals surface area contributed by atoms with E-state index in [1.807, 2.05) is 112 Å². The second kappa shape index (κ2) is 24.6. The van der Waals surface area contributed by atoms with E-state index in [0.717, 1.165) is 35.1 Å². The van der Waals surface area contributed by atoms with Crippen LogP contribution in [0.4, 0.5) is 14.4 Å². The van der Waals surface area contributed by atoms with Crippen LogP contribution in [0.1, 0.15) is 56.7 Å². The number of carbonyl (C=O) groups excluding carboxylic acids is 4. The summed E-state index contributed by atoms with van der Waals surface area (Å²) in [6.45, 7) is 8.44. The number of rotatable bonds is 13. The van der Waals surface area contributed by atoms with Crippen molar-refractivity contribution in [1.82, 2.24) is 14.7 Å². The third kappa shape index (κ3) is 15.6. The van der Waals surface area contributed by atoms with Crippen molar-refractivity contribution in [3.05, 3.63) is 119 Å². The highest BCUT2D eigenvalue weighted by molar-refractivity contribution is 8.01. The summed E-state index contributed by atoms with van der Waals surface area (Å²) in [5.41, 5.74) is 3.84. The molecule has 3 aromatic rings. The third-order valence-corrected chi connectivity index (χ3v) is 12.0. The summed E-state index contributed by atoms with van der Waals surface area (Å²) in [7, 11) is -2.24. The van der Waals surface area contributed by atoms with E-state index >= 15 is 0 Å². The summed E-state index contributed by atoms with van der Waals surface area (Å²) in [5, 5.41) is 19.5. The monoisotopic (exact) mass is 903 g/mol. The van der Waals surface area contributed by atoms with Gasteiger partial charge in [0.25, 0.3) is 0 Å². The normalized spacial score (nSPS) is 19.1. The van der Waals surface area contributed by atoms with Gasteiger partial charge in [0.1, 0.15) is 19.8 Å². The maximum atomic E-state index is 12.4. The highest BCUT2D eigenvalue weighted by atomic mass is 32.2. The minimum Gasteiger partial charge on any atom is -0.481 e. The Morgan fingerprint density at radius 2 is 0.984 bits per heavy atom. The maximum absolute atomic E-state index is 12.4. The van der Waals surface area contributed by atoms with E-state index in [9.17, 15) is 33.0 Å². The molecule has 3 heterocycles. The fourth-order valence-corrected chi connectivity index (χ4v) is 8.36. The van der Waals surface area contributed by atoms with Gasteiger partial charge in [-0.25, -0.2) is 19.2 Å². The van der Waals surface area contributed by atoms with Crippen LogP contribution in [-0.4, -0.2) is 122 Å². The van der Waals surface area contributed by atoms with Crippen LogP contribution in [0.2, 0.25) is 0 Å². The summed E-state index contributed by atoms with van der Waals surface area (Å²) >= 11 is 0. The lowest BCUT2D eigenvalue weighted by atomic mass is 9.91. The van der Waals surface area contributed by atoms with E-state index in [0.29, 0.717) is 38.2 Å². The number of carbonyl (C=O) groups is 6. The van der Waals surface area contributed by atoms with Gasteiger partial charge in [0, 0.05) is 56.5 Å². The molecule has 0 aliphatic carbocycles. The van der Waals surface area contributed by atoms with Gasteiger partial charge in [0.2, 0.25) is 0 Å². The maximum Gasteiger partial charge on any atom is 0.410 e. The largest absolute Gasteiger partial charge is 0.481 e. The molecule has 3 amide bonds. The first-order chi connectivity index (χ1) is 30.5. The Morgan fingerprint density at radius 3 is 1.31 bits per heavy atom. The topological polar surface area (TPSA) is 197 Å². The van der Waals surface area contributed by atoms with Gasteiger partial charge >= 0.3 is 30.2 Å². The van der Waals surface area contributed by atoms with E-state index in [-0.39, 0.29) is 56.4 Å². The van der Waals surface area contributed by atoms with Gasteiger partial charge in [0.15, 0.2) is 5.78 Å². The Bertz CT molecular complexity index is 2150. The third-order valence-electron chi connectivity index (χ3n) is 11.2. The first kappa shape index (κ1) is 50.5. The molecular formula is C48H61N3O12S. The predicted octanol–water partition coefficient (Wildman–Crippen LogP) is 6.99. The van der Waals surface area contributed by atoms with E-state index in [1.54, 1.807) is 17.4 Å². The number of Topliss-reactive ketones (excluding diaryl/α,β-unsaturated/α-hetero) is 1. The van der Waals surface area contributed by atoms with Crippen molar-refractivity contribution in [3.8, 4) is 0 Å². The van der Waals surface area contributed by atoms with Crippen LogP contribution in [0, 0.1) is 23.7 Å². The first-order valence-electron chi connectivity index (χ1n) is 21.4. The molecule has 0 aromatic heterocycles. The molecule has 2 N–H and O–H groups in total. The second-order valence-electron chi connectivity index (χ2n) is 16.2. The molecule has 64 heavy (non-hydrogen) atoms. The highest BCUT2D eigenvalue weighted by Gasteiger charge is 2.40. The van der Waals surface area contributed by atoms with E-state index < -0.39 is 45.7 Å². The Balaban J connectivity index is 0.000000212. The number of ether oxygens (including phenoxy) is 3. The molecule has 6 rings (SSSR count). The molecule has 0 saturated carbocycles. The zero-order valence-corrected chi connectivity index (χ0v) is 38.1. The molecule has 2 saturated heterocycles. The number of nitrogens with zero attached hydrogens (tertiary/aromatic N) is 3. The number of ketones is 1. The van der Waals surface area contributed by atoms with Gasteiger partial charge in [0.05, 0.1) is 18.0 Å². The summed E-state index contributed by atoms with van der Waals surface area (Å²) in [5.74, 6) is -2.61. The average Bonchev–Trinajstić information content (AvgIpc) is 4.05. The van der Waals surface area contributed by atoms with Crippen LogP contribution < -0.4 is 0 Å². The highest BCUT2D eigenvalue weighted by Crippen LogP contribution is 2.29. The minimum absolute atomic E-state index is 0.0109. The molecule has 15 nitrogen and oxygen atoms in total. The molecule has 4 atom stereocenters. The van der Waals surface area contributed by atoms with E-state index in [2.05, 4.69) is 0 Å². The van der Waals surface area contributed by atoms with Gasteiger partial charge < -0.3 is 34.2 Å². The number of amides is 3. The summed E-state index contributed by atoms with van der Waals surface area (Å²) < 4.78 is 27.6. The molecule has 0 spiro atoms. The van der Waals surface area contributed by atoms with E-state index in [4.69, 9.17) is 24.4 Å². The zero-order valence-electron chi connectivity index (χ0n) is 37.3. The molecule has 3 aliphatic rings. The summed E-state index contributed by atoms with van der Waals surface area (Å²) in [4.78, 5) is 75.2. The summed E-state index contributed by atoms with van der Waals surface area (Å²) in [6.07, 6.45) is 3.96. The number of carboxylic acid groups (broad SMARTS) is 2. The van der Waals surface area contributed by atoms with Gasteiger partial charge in [-0.1, -0.05) is 125 Å². The van der Waals surface area contributed by atoms with Gasteiger partial charge in [-0.15, -0.1) is 0 Å². The van der Waals surface area contributed by atoms with Crippen LogP contribution >= 0.6 is 0 Å². The van der Waals surface area contributed by atoms with Crippen molar-refractivity contribution >= 4 is 50.9 Å². The number of hydrogen-bond donors (Lipinski definition) is 2. The smallest absolute Gasteiger partial charge is 0.410 e. The van der Waals surface area contributed by atoms with Gasteiger partial charge in [-0.3, -0.25) is 18.7 Å². The summed E-state index contributed by atoms with van der Waals surface area (Å²) in [6, 6.07) is 28.3. The van der Waals surface area contributed by atoms with Crippen molar-refractivity contribution < 1.29 is 57.4 Å². The van der Waals surface area contributed by atoms with Gasteiger partial charge in [-0.05, 0) is 50.0 Å². The number of carboxylic acids is 2. The van der Waals surface area contributed by atoms with Crippen molar-refractivity contribution in [2.75, 3.05) is 51.8 Å². The first-order valence-corrected chi connectivity index (χ1v) is 23.8. The number of benzene rings is 3. The quantitative estimate of drug-likeness (QED) is 0.132. The molecule has 16 heteroatoms. The van der Waals surface area contributed by atoms with Crippen molar-refractivity contribution in [1.29, 1.82) is 0 Å². The van der Waals surface area contributed by atoms with Crippen LogP contribution in [0.5, 0.6) is 0 Å². The standard InChI is InChI=1S/C18H25NO4S.C15H19NO4.C15H17NO4/c1-4-15-10-19(11-16(15)17(20)13-24(2,3)22)18(21)23-12-14-8-6-5-7-9-14;2*1-2-12-8-16(9-13(12)14(17)18)15(19)20-10-11-6-4-3-5-7-11/h5-9,13,15-16H,4,10-12H2,1-3H3;3-7,12-13H,2,8-10H2,1H3,(H,17,18);3-7H,2,8-10H2,1H3,(H,17,18)/t15-,16+;12-,13+;/m11./s1. The predicted molar refractivity (Wildman–Crippen MR) is 243 cm³/mol. The van der Waals surface area contributed by atoms with Crippen LogP contribution in [-0.2, 0) is 57.9 Å². The van der Waals surface area contributed by atoms with Crippen molar-refractivity contribution in [2.45, 2.75) is 59.9 Å². The Labute approximate surface area is 376 Å². The van der Waals surface area contributed by atoms with Crippen molar-refractivity contribution in [2.24, 2.45) is 23.7 Å². The molecular weight excluding hydrogens is 843 g/mol. The average molecular weight is 904 g/mol. The van der Waals surface area contributed by atoms with Crippen molar-refractivity contribution in [3.63, 3.8) is 0 Å². The SMILES string of the molecule is CCC1=C(C(=O)O)CN(C(=O)OCc2ccccc2)C1.CC[C@@H]1CN(C(=O)OCc2ccccc2)C[C@@H]1C(=O)C=S(C)(C)=O.CC[C@@H]1CN(C(=O)OCc2ccccc2)C[C@@H]1C(=O)O. The lowest BCUT2D eigenvalue weighted by Gasteiger charge is -2.16. The zero-order chi connectivity index (χ0) is 46.8. The molecule has 0 radical (unpaired) electrons. The molecule has 3 aliphatic heterocycles. The number of hydrogen-bond acceptors (Lipinski definition) is 10. The second-order valence-corrected chi connectivity index (χ2v) is 19.1. The number of likely N-dealkylation sites (tertiary alicyclic amines) is 2. The Kier molecular flexibility index (Phi) is 19.4. The fraction of sp³-hybridized carbons (Fsp3) is 0.438. The Hall–Kier alpha value is -6.16. The lowest BCUT2D eigenvalue weighted by molar-refractivity contribution is -0.142. The van der Waals surface area contributed by atoms with Crippen LogP contribution in [0.25, 0.3) is 0 Å². The number of aliphatic carboxylic acids is 2. The van der Waals surface area contributed by atoms with Crippen LogP contribution in [0.15, 0.2) is 102 Å². The molecule has 0 unspecified atom stereocenters. The molecule has 0 bridgehead atoms. The van der Waals surface area contributed by atoms with Crippen LogP contribution in [0.3, 0.4) is 0 Å². The molecule has 3 aromatic carbocycles. The molecule has 2 fully saturated rings. The van der Waals surface area contributed by atoms with E-state index in [1.165, 1.54) is 15.2 Å².